The summed E-state index contributed by atoms with van der Waals surface area (Å²) in [4.78, 5) is 19.4. The van der Waals surface area contributed by atoms with Crippen molar-refractivity contribution in [3.05, 3.63) is 0 Å². The average Bonchev–Trinajstić information content (AvgIpc) is 3.61. The molecule has 0 bridgehead atoms. The molecule has 11 unspecified atom stereocenters. The highest BCUT2D eigenvalue weighted by Crippen LogP contribution is 2.87. The molecule has 4 heterocycles. The zero-order chi connectivity index (χ0) is 34.6. The largest absolute Gasteiger partial charge is 0.443 e. The van der Waals surface area contributed by atoms with E-state index in [2.05, 4.69) is 44.4 Å². The summed E-state index contributed by atoms with van der Waals surface area (Å²) in [5.41, 5.74) is 1.49. The minimum atomic E-state index is -0.632. The van der Waals surface area contributed by atoms with Gasteiger partial charge >= 0.3 is 6.09 Å². The number of fused-ring (bicyclic) bond motifs is 4. The topological polar surface area (TPSA) is 63.7 Å². The van der Waals surface area contributed by atoms with E-state index in [1.165, 1.54) is 51.4 Å². The summed E-state index contributed by atoms with van der Waals surface area (Å²) in [6.45, 7) is 19.3. The van der Waals surface area contributed by atoms with Gasteiger partial charge in [0.1, 0.15) is 12.3 Å². The first-order valence-electron chi connectivity index (χ1n) is 20.9. The highest BCUT2D eigenvalue weighted by atomic mass is 19.1. The summed E-state index contributed by atoms with van der Waals surface area (Å²) >= 11 is 0. The molecule has 12 atom stereocenters. The van der Waals surface area contributed by atoms with Crippen LogP contribution in [0.2, 0.25) is 0 Å². The molecule has 1 amide bonds. The first-order valence-corrected chi connectivity index (χ1v) is 20.9. The van der Waals surface area contributed by atoms with Gasteiger partial charge in [-0.15, -0.1) is 0 Å². The summed E-state index contributed by atoms with van der Waals surface area (Å²) in [6.07, 6.45) is 13.3. The molecule has 9 aliphatic rings. The Balaban J connectivity index is 0.846. The van der Waals surface area contributed by atoms with E-state index in [1.54, 1.807) is 0 Å². The first kappa shape index (κ1) is 34.7. The van der Waals surface area contributed by atoms with E-state index in [0.29, 0.717) is 47.3 Å². The minimum Gasteiger partial charge on any atom is -0.443 e. The van der Waals surface area contributed by atoms with E-state index in [-0.39, 0.29) is 42.0 Å². The third-order valence-corrected chi connectivity index (χ3v) is 17.0. The second-order valence-electron chi connectivity index (χ2n) is 19.8. The van der Waals surface area contributed by atoms with Crippen LogP contribution in [0.5, 0.6) is 0 Å². The number of morpholine rings is 1. The van der Waals surface area contributed by atoms with Crippen molar-refractivity contribution >= 4 is 6.09 Å². The van der Waals surface area contributed by atoms with Crippen LogP contribution < -0.4 is 0 Å². The van der Waals surface area contributed by atoms with Crippen molar-refractivity contribution < 1.29 is 28.1 Å². The van der Waals surface area contributed by atoms with Gasteiger partial charge in [0.15, 0.2) is 6.29 Å². The Morgan fingerprint density at radius 2 is 1.66 bits per heavy atom. The van der Waals surface area contributed by atoms with Crippen LogP contribution in [0, 0.1) is 51.2 Å². The Bertz CT molecular complexity index is 1290. The third-order valence-electron chi connectivity index (χ3n) is 17.0. The lowest BCUT2D eigenvalue weighted by atomic mass is 9.46. The summed E-state index contributed by atoms with van der Waals surface area (Å²) in [6, 6.07) is 0. The molecule has 0 aromatic rings. The highest BCUT2D eigenvalue weighted by molar-refractivity contribution is 5.68. The van der Waals surface area contributed by atoms with Crippen molar-refractivity contribution in [3.63, 3.8) is 0 Å². The summed E-state index contributed by atoms with van der Waals surface area (Å²) < 4.78 is 39.7. The normalized spacial score (nSPS) is 47.5. The van der Waals surface area contributed by atoms with Crippen molar-refractivity contribution in [2.24, 2.45) is 51.2 Å². The van der Waals surface area contributed by atoms with E-state index in [0.717, 1.165) is 77.0 Å². The maximum absolute atomic E-state index is 13.3. The third kappa shape index (κ3) is 5.38. The summed E-state index contributed by atoms with van der Waals surface area (Å²) in [7, 11) is 0. The number of amides is 1. The predicted molar refractivity (Wildman–Crippen MR) is 189 cm³/mol. The standard InChI is InChI=1S/C41H66FN3O5/c1-26(2)36(50-37(46)45-15-6-16-45)31-9-7-29-32(48-31)21-30-28-8-10-33-38(3,4)34(11-12-41(33)25-40(28,41)14-13-39(29,30)5)49-35-24-43(19-20-47-35)17-18-44-22-27(42)23-44/h26-36H,6-25H2,1-5H3/t28?,29?,30?,31?,32?,33?,34-,35?,36?,39?,40?,41?/m0/s1. The van der Waals surface area contributed by atoms with Gasteiger partial charge in [-0.1, -0.05) is 34.6 Å². The second kappa shape index (κ2) is 12.5. The Hall–Kier alpha value is -1.00. The quantitative estimate of drug-likeness (QED) is 0.278. The number of hydrogen-bond donors (Lipinski definition) is 0. The smallest absolute Gasteiger partial charge is 0.410 e. The molecule has 5 saturated carbocycles. The van der Waals surface area contributed by atoms with E-state index < -0.39 is 6.17 Å². The summed E-state index contributed by atoms with van der Waals surface area (Å²) in [5.74, 6) is 3.16. The fraction of sp³-hybridized carbons (Fsp3) is 0.976. The second-order valence-corrected chi connectivity index (χ2v) is 19.8. The lowest BCUT2D eigenvalue weighted by Crippen LogP contribution is -2.56. The number of hydrogen-bond acceptors (Lipinski definition) is 7. The van der Waals surface area contributed by atoms with Crippen LogP contribution in [0.15, 0.2) is 0 Å². The number of likely N-dealkylation sites (tertiary alicyclic amines) is 2. The molecule has 2 spiro atoms. The molecule has 9 fully saturated rings. The zero-order valence-corrected chi connectivity index (χ0v) is 31.8. The van der Waals surface area contributed by atoms with Gasteiger partial charge in [-0.25, -0.2) is 9.18 Å². The molecule has 50 heavy (non-hydrogen) atoms. The number of nitrogens with zero attached hydrogens (tertiary/aromatic N) is 3. The molecule has 4 aliphatic heterocycles. The number of halogens is 1. The molecule has 282 valence electrons. The molecule has 0 aromatic carbocycles. The minimum absolute atomic E-state index is 0.0168. The van der Waals surface area contributed by atoms with Crippen molar-refractivity contribution in [2.75, 3.05) is 59.0 Å². The van der Waals surface area contributed by atoms with Gasteiger partial charge in [-0.05, 0) is 122 Å². The Morgan fingerprint density at radius 1 is 0.880 bits per heavy atom. The van der Waals surface area contributed by atoms with Gasteiger partial charge < -0.3 is 23.8 Å². The summed E-state index contributed by atoms with van der Waals surface area (Å²) in [5, 5.41) is 0. The van der Waals surface area contributed by atoms with E-state index >= 15 is 0 Å². The number of rotatable bonds is 8. The van der Waals surface area contributed by atoms with Crippen molar-refractivity contribution in [2.45, 2.75) is 142 Å². The molecular weight excluding hydrogens is 633 g/mol. The zero-order valence-electron chi connectivity index (χ0n) is 31.8. The molecule has 9 heteroatoms. The molecule has 5 aliphatic carbocycles. The van der Waals surface area contributed by atoms with E-state index in [4.69, 9.17) is 18.9 Å². The van der Waals surface area contributed by atoms with Gasteiger partial charge in [0.25, 0.3) is 0 Å². The van der Waals surface area contributed by atoms with E-state index in [9.17, 15) is 9.18 Å². The van der Waals surface area contributed by atoms with Gasteiger partial charge in [0, 0.05) is 52.4 Å². The van der Waals surface area contributed by atoms with Crippen LogP contribution in [0.3, 0.4) is 0 Å². The lowest BCUT2D eigenvalue weighted by molar-refractivity contribution is -0.245. The van der Waals surface area contributed by atoms with Gasteiger partial charge in [-0.3, -0.25) is 9.80 Å². The van der Waals surface area contributed by atoms with Crippen LogP contribution in [0.4, 0.5) is 9.18 Å². The number of carbonyl (C=O) groups excluding carboxylic acids is 1. The van der Waals surface area contributed by atoms with Gasteiger partial charge in [0.05, 0.1) is 24.9 Å². The van der Waals surface area contributed by atoms with Crippen molar-refractivity contribution in [1.29, 1.82) is 0 Å². The molecular formula is C41H66FN3O5. The Kier molecular flexibility index (Phi) is 8.71. The fourth-order valence-corrected chi connectivity index (χ4v) is 14.2. The maximum atomic E-state index is 13.3. The Labute approximate surface area is 300 Å². The van der Waals surface area contributed by atoms with Crippen molar-refractivity contribution in [1.82, 2.24) is 14.7 Å². The number of alkyl halides is 1. The van der Waals surface area contributed by atoms with Crippen LogP contribution in [0.25, 0.3) is 0 Å². The Morgan fingerprint density at radius 3 is 2.40 bits per heavy atom. The predicted octanol–water partition coefficient (Wildman–Crippen LogP) is 6.76. The number of ether oxygens (including phenoxy) is 4. The monoisotopic (exact) mass is 699 g/mol. The first-order chi connectivity index (χ1) is 23.9. The molecule has 0 N–H and O–H groups in total. The molecule has 0 aromatic heterocycles. The van der Waals surface area contributed by atoms with Crippen LogP contribution in [0.1, 0.15) is 105 Å². The van der Waals surface area contributed by atoms with Gasteiger partial charge in [0.2, 0.25) is 0 Å². The van der Waals surface area contributed by atoms with Crippen LogP contribution in [-0.4, -0.2) is 117 Å². The molecule has 9 rings (SSSR count). The SMILES string of the molecule is CC(C)C(OC(=O)N1CCC1)C1CCC2C(CC3C4CCC5C(C)(C)[C@@H](OC6CN(CCN7CC(F)C7)CCO6)CCC56CC46CCC23C)O1. The van der Waals surface area contributed by atoms with Gasteiger partial charge in [-0.2, -0.15) is 0 Å². The maximum Gasteiger partial charge on any atom is 0.410 e. The highest BCUT2D eigenvalue weighted by Gasteiger charge is 2.80. The van der Waals surface area contributed by atoms with Crippen LogP contribution in [-0.2, 0) is 18.9 Å². The molecule has 8 nitrogen and oxygen atoms in total. The van der Waals surface area contributed by atoms with Crippen LogP contribution >= 0.6 is 0 Å². The number of carbonyl (C=O) groups is 1. The lowest BCUT2D eigenvalue weighted by Gasteiger charge is -2.60. The fourth-order valence-electron chi connectivity index (χ4n) is 14.2. The van der Waals surface area contributed by atoms with Crippen molar-refractivity contribution in [3.8, 4) is 0 Å². The molecule has 0 radical (unpaired) electrons. The average molecular weight is 700 g/mol. The van der Waals surface area contributed by atoms with E-state index in [1.807, 2.05) is 4.90 Å². The molecule has 4 saturated heterocycles.